The van der Waals surface area contributed by atoms with Gasteiger partial charge in [-0.05, 0) is 18.6 Å². The Bertz CT molecular complexity index is 589. The van der Waals surface area contributed by atoms with E-state index >= 15 is 0 Å². The number of nitrogens with zero attached hydrogens (tertiary/aromatic N) is 3. The summed E-state index contributed by atoms with van der Waals surface area (Å²) in [5.74, 6) is 0.772. The fourth-order valence-electron chi connectivity index (χ4n) is 3.11. The number of rotatable bonds is 1. The van der Waals surface area contributed by atoms with Crippen molar-refractivity contribution in [3.8, 4) is 0 Å². The molecule has 2 aliphatic heterocycles. The molecule has 0 aromatic carbocycles. The first kappa shape index (κ1) is 11.3. The molecule has 1 spiro atoms. The molecule has 0 bridgehead atoms. The molecule has 100 valence electrons. The van der Waals surface area contributed by atoms with Crippen LogP contribution in [0.5, 0.6) is 0 Å². The van der Waals surface area contributed by atoms with Crippen molar-refractivity contribution in [2.75, 3.05) is 31.2 Å². The van der Waals surface area contributed by atoms with E-state index in [9.17, 15) is 0 Å². The van der Waals surface area contributed by atoms with Gasteiger partial charge in [0.2, 0.25) is 0 Å². The highest BCUT2D eigenvalue weighted by Crippen LogP contribution is 2.32. The van der Waals surface area contributed by atoms with Crippen LogP contribution < -0.4 is 4.90 Å². The second-order valence-corrected chi connectivity index (χ2v) is 5.17. The average molecular weight is 259 g/mol. The maximum Gasteiger partial charge on any atom is 0.186 e. The van der Waals surface area contributed by atoms with E-state index < -0.39 is 0 Å². The summed E-state index contributed by atoms with van der Waals surface area (Å²) in [5.41, 5.74) is 0.977. The lowest BCUT2D eigenvalue weighted by Crippen LogP contribution is -2.49. The van der Waals surface area contributed by atoms with E-state index in [0.29, 0.717) is 13.2 Å². The highest BCUT2D eigenvalue weighted by atomic mass is 16.7. The molecule has 0 saturated carbocycles. The zero-order valence-corrected chi connectivity index (χ0v) is 10.8. The Labute approximate surface area is 111 Å². The Morgan fingerprint density at radius 1 is 1.21 bits per heavy atom. The molecule has 2 saturated heterocycles. The predicted octanol–water partition coefficient (Wildman–Crippen LogP) is 1.68. The Kier molecular flexibility index (Phi) is 2.50. The molecule has 2 aromatic rings. The van der Waals surface area contributed by atoms with Gasteiger partial charge in [-0.25, -0.2) is 4.98 Å². The summed E-state index contributed by atoms with van der Waals surface area (Å²) < 4.78 is 13.8. The number of hydrogen-bond donors (Lipinski definition) is 0. The van der Waals surface area contributed by atoms with Gasteiger partial charge in [0.25, 0.3) is 0 Å². The van der Waals surface area contributed by atoms with E-state index in [0.717, 1.165) is 37.4 Å². The van der Waals surface area contributed by atoms with Gasteiger partial charge in [-0.3, -0.25) is 4.40 Å². The summed E-state index contributed by atoms with van der Waals surface area (Å²) in [7, 11) is 0. The second kappa shape index (κ2) is 4.21. The van der Waals surface area contributed by atoms with Crippen LogP contribution in [0.15, 0.2) is 30.6 Å². The van der Waals surface area contributed by atoms with Crippen molar-refractivity contribution < 1.29 is 9.47 Å². The number of anilines is 1. The van der Waals surface area contributed by atoms with Crippen LogP contribution in [0.2, 0.25) is 0 Å². The van der Waals surface area contributed by atoms with Gasteiger partial charge in [-0.15, -0.1) is 0 Å². The van der Waals surface area contributed by atoms with Gasteiger partial charge in [-0.2, -0.15) is 0 Å². The second-order valence-electron chi connectivity index (χ2n) is 5.17. The lowest BCUT2D eigenvalue weighted by atomic mass is 10.0. The molecule has 2 fully saturated rings. The first-order valence-electron chi connectivity index (χ1n) is 6.81. The number of hydrogen-bond acceptors (Lipinski definition) is 4. The topological polar surface area (TPSA) is 39.0 Å². The Balaban J connectivity index is 1.70. The van der Waals surface area contributed by atoms with Crippen LogP contribution in [0.3, 0.4) is 0 Å². The van der Waals surface area contributed by atoms with E-state index in [1.165, 1.54) is 0 Å². The maximum atomic E-state index is 5.84. The van der Waals surface area contributed by atoms with Crippen molar-refractivity contribution in [3.63, 3.8) is 0 Å². The molecule has 0 atom stereocenters. The molecule has 0 amide bonds. The van der Waals surface area contributed by atoms with Crippen LogP contribution in [-0.4, -0.2) is 41.5 Å². The van der Waals surface area contributed by atoms with Crippen molar-refractivity contribution >= 4 is 11.5 Å². The van der Waals surface area contributed by atoms with Crippen molar-refractivity contribution in [2.24, 2.45) is 0 Å². The molecule has 0 aliphatic carbocycles. The molecule has 5 nitrogen and oxygen atoms in total. The molecule has 0 unspecified atom stereocenters. The van der Waals surface area contributed by atoms with E-state index in [2.05, 4.69) is 26.4 Å². The minimum atomic E-state index is -0.388. The largest absolute Gasteiger partial charge is 0.352 e. The van der Waals surface area contributed by atoms with Crippen molar-refractivity contribution in [1.82, 2.24) is 9.38 Å². The van der Waals surface area contributed by atoms with Crippen LogP contribution in [0.25, 0.3) is 5.65 Å². The van der Waals surface area contributed by atoms with E-state index in [1.54, 1.807) is 0 Å². The average Bonchev–Trinajstić information content (AvgIpc) is 3.07. The summed E-state index contributed by atoms with van der Waals surface area (Å²) in [4.78, 5) is 6.67. The molecule has 0 N–H and O–H groups in total. The zero-order valence-electron chi connectivity index (χ0n) is 10.8. The summed E-state index contributed by atoms with van der Waals surface area (Å²) >= 11 is 0. The quantitative estimate of drug-likeness (QED) is 0.781. The first-order chi connectivity index (χ1) is 9.36. The summed E-state index contributed by atoms with van der Waals surface area (Å²) in [6.07, 6.45) is 5.91. The first-order valence-corrected chi connectivity index (χ1v) is 6.81. The zero-order chi connectivity index (χ0) is 12.7. The Morgan fingerprint density at radius 3 is 3.00 bits per heavy atom. The standard InChI is InChI=1S/C14H17N3O2/c1-3-12-15-6-8-17(12)13(4-1)16-7-2-5-14(11-16)18-9-10-19-14/h1,3-4,6,8H,2,5,7,9-11H2. The molecule has 0 radical (unpaired) electrons. The molecule has 4 heterocycles. The van der Waals surface area contributed by atoms with Gasteiger partial charge in [-0.1, -0.05) is 6.07 Å². The third kappa shape index (κ3) is 1.81. The summed E-state index contributed by atoms with van der Waals surface area (Å²) in [5, 5.41) is 0. The van der Waals surface area contributed by atoms with Gasteiger partial charge in [0, 0.05) is 25.4 Å². The van der Waals surface area contributed by atoms with Crippen LogP contribution in [0, 0.1) is 0 Å². The van der Waals surface area contributed by atoms with Crippen LogP contribution in [-0.2, 0) is 9.47 Å². The monoisotopic (exact) mass is 259 g/mol. The third-order valence-electron chi connectivity index (χ3n) is 3.96. The number of aromatic nitrogens is 2. The highest BCUT2D eigenvalue weighted by molar-refractivity contribution is 5.52. The molecule has 2 aliphatic rings. The molecule has 4 rings (SSSR count). The van der Waals surface area contributed by atoms with Crippen LogP contribution in [0.4, 0.5) is 5.82 Å². The van der Waals surface area contributed by atoms with Crippen molar-refractivity contribution in [2.45, 2.75) is 18.6 Å². The van der Waals surface area contributed by atoms with Gasteiger partial charge in [0.05, 0.1) is 19.8 Å². The number of piperidine rings is 1. The lowest BCUT2D eigenvalue weighted by molar-refractivity contribution is -0.161. The van der Waals surface area contributed by atoms with E-state index in [1.807, 2.05) is 18.5 Å². The SMILES string of the molecule is c1cc(N2CCCC3(C2)OCCO3)n2ccnc2c1. The predicted molar refractivity (Wildman–Crippen MR) is 71.3 cm³/mol. The maximum absolute atomic E-state index is 5.84. The molecule has 5 heteroatoms. The highest BCUT2D eigenvalue weighted by Gasteiger charge is 2.41. The van der Waals surface area contributed by atoms with Crippen molar-refractivity contribution in [1.29, 1.82) is 0 Å². The van der Waals surface area contributed by atoms with Crippen molar-refractivity contribution in [3.05, 3.63) is 30.6 Å². The van der Waals surface area contributed by atoms with Crippen LogP contribution >= 0.6 is 0 Å². The van der Waals surface area contributed by atoms with Gasteiger partial charge in [0.15, 0.2) is 5.79 Å². The fraction of sp³-hybridized carbons (Fsp3) is 0.500. The molecule has 2 aromatic heterocycles. The molecular weight excluding hydrogens is 242 g/mol. The van der Waals surface area contributed by atoms with Gasteiger partial charge in [0.1, 0.15) is 11.5 Å². The molecule has 19 heavy (non-hydrogen) atoms. The summed E-state index contributed by atoms with van der Waals surface area (Å²) in [6, 6.07) is 6.20. The Hall–Kier alpha value is -1.59. The van der Waals surface area contributed by atoms with E-state index in [-0.39, 0.29) is 5.79 Å². The smallest absolute Gasteiger partial charge is 0.186 e. The normalized spacial score (nSPS) is 22.4. The minimum Gasteiger partial charge on any atom is -0.352 e. The van der Waals surface area contributed by atoms with Gasteiger partial charge >= 0.3 is 0 Å². The van der Waals surface area contributed by atoms with E-state index in [4.69, 9.17) is 9.47 Å². The fourth-order valence-corrected chi connectivity index (χ4v) is 3.11. The van der Waals surface area contributed by atoms with Crippen LogP contribution in [0.1, 0.15) is 12.8 Å². The third-order valence-corrected chi connectivity index (χ3v) is 3.96. The summed E-state index contributed by atoms with van der Waals surface area (Å²) in [6.45, 7) is 3.25. The minimum absolute atomic E-state index is 0.388. The lowest BCUT2D eigenvalue weighted by Gasteiger charge is -2.39. The Morgan fingerprint density at radius 2 is 2.11 bits per heavy atom. The number of fused-ring (bicyclic) bond motifs is 1. The van der Waals surface area contributed by atoms with Gasteiger partial charge < -0.3 is 14.4 Å². The molecular formula is C14H17N3O2. The number of ether oxygens (including phenoxy) is 2. The number of imidazole rings is 1. The number of pyridine rings is 1.